The molecule has 0 fully saturated rings. The molecular formula is C20H24N2O5. The molecule has 1 N–H and O–H groups in total. The van der Waals surface area contributed by atoms with Crippen LogP contribution >= 0.6 is 0 Å². The minimum atomic E-state index is -0.955. The van der Waals surface area contributed by atoms with Gasteiger partial charge in [-0.3, -0.25) is 9.59 Å². The summed E-state index contributed by atoms with van der Waals surface area (Å²) < 4.78 is 12.6. The minimum Gasteiger partial charge on any atom is -0.493 e. The van der Waals surface area contributed by atoms with E-state index in [0.29, 0.717) is 30.2 Å². The molecule has 0 saturated carbocycles. The smallest absolute Gasteiger partial charge is 0.305 e. The number of amides is 1. The molecule has 0 radical (unpaired) electrons. The van der Waals surface area contributed by atoms with Gasteiger partial charge >= 0.3 is 5.97 Å². The molecule has 0 unspecified atom stereocenters. The van der Waals surface area contributed by atoms with Crippen LogP contribution < -0.4 is 9.47 Å². The van der Waals surface area contributed by atoms with Gasteiger partial charge in [-0.15, -0.1) is 0 Å². The van der Waals surface area contributed by atoms with E-state index in [1.807, 2.05) is 30.7 Å². The van der Waals surface area contributed by atoms with Gasteiger partial charge in [0, 0.05) is 19.3 Å². The van der Waals surface area contributed by atoms with Crippen molar-refractivity contribution in [1.82, 2.24) is 9.47 Å². The molecule has 144 valence electrons. The van der Waals surface area contributed by atoms with Crippen LogP contribution in [0.3, 0.4) is 0 Å². The van der Waals surface area contributed by atoms with E-state index in [1.165, 1.54) is 7.11 Å². The van der Waals surface area contributed by atoms with E-state index in [1.54, 1.807) is 24.1 Å². The fourth-order valence-corrected chi connectivity index (χ4v) is 3.63. The number of nitrogens with zero attached hydrogens (tertiary/aromatic N) is 2. The van der Waals surface area contributed by atoms with Crippen molar-refractivity contribution in [3.05, 3.63) is 46.8 Å². The maximum Gasteiger partial charge on any atom is 0.305 e. The van der Waals surface area contributed by atoms with E-state index < -0.39 is 12.0 Å². The molecular weight excluding hydrogens is 348 g/mol. The lowest BCUT2D eigenvalue weighted by molar-refractivity contribution is -0.138. The van der Waals surface area contributed by atoms with Crippen molar-refractivity contribution in [3.8, 4) is 11.5 Å². The van der Waals surface area contributed by atoms with Crippen LogP contribution in [0.25, 0.3) is 0 Å². The first-order valence-electron chi connectivity index (χ1n) is 8.77. The Balaban J connectivity index is 2.05. The zero-order chi connectivity index (χ0) is 19.7. The van der Waals surface area contributed by atoms with Gasteiger partial charge in [-0.2, -0.15) is 0 Å². The Labute approximate surface area is 158 Å². The number of benzene rings is 1. The van der Waals surface area contributed by atoms with E-state index in [4.69, 9.17) is 9.47 Å². The van der Waals surface area contributed by atoms with Crippen LogP contribution in [0.5, 0.6) is 11.5 Å². The Kier molecular flexibility index (Phi) is 5.12. The number of carbonyl (C=O) groups is 2. The fourth-order valence-electron chi connectivity index (χ4n) is 3.63. The van der Waals surface area contributed by atoms with Gasteiger partial charge in [0.15, 0.2) is 11.5 Å². The van der Waals surface area contributed by atoms with Crippen LogP contribution in [0.4, 0.5) is 0 Å². The van der Waals surface area contributed by atoms with Crippen molar-refractivity contribution in [2.24, 2.45) is 7.05 Å². The molecule has 1 aliphatic rings. The number of rotatable bonds is 5. The molecule has 0 saturated heterocycles. The first-order valence-corrected chi connectivity index (χ1v) is 8.77. The molecule has 3 rings (SSSR count). The number of aliphatic carboxylic acids is 1. The van der Waals surface area contributed by atoms with Crippen LogP contribution in [-0.4, -0.2) is 47.2 Å². The third-order valence-electron chi connectivity index (χ3n) is 5.22. The molecule has 2 heterocycles. The second-order valence-corrected chi connectivity index (χ2v) is 6.69. The van der Waals surface area contributed by atoms with E-state index in [0.717, 1.165) is 16.8 Å². The molecule has 0 aliphatic carbocycles. The predicted molar refractivity (Wildman–Crippen MR) is 99.4 cm³/mol. The maximum absolute atomic E-state index is 13.2. The van der Waals surface area contributed by atoms with Crippen LogP contribution in [0.2, 0.25) is 0 Å². The standard InChI is InChI=1S/C20H24N2O5/c1-12-5-6-15(21(12)2)20(25)22-8-7-13-9-17(26-3)18(27-4)10-14(13)16(22)11-19(23)24/h5-6,9-10,16H,7-8,11H2,1-4H3,(H,23,24)/t16-/m0/s1. The van der Waals surface area contributed by atoms with Crippen molar-refractivity contribution < 1.29 is 24.2 Å². The number of aromatic nitrogens is 1. The summed E-state index contributed by atoms with van der Waals surface area (Å²) in [4.78, 5) is 26.4. The van der Waals surface area contributed by atoms with Crippen LogP contribution in [0, 0.1) is 6.92 Å². The van der Waals surface area contributed by atoms with E-state index >= 15 is 0 Å². The number of methoxy groups -OCH3 is 2. The summed E-state index contributed by atoms with van der Waals surface area (Å²) in [7, 11) is 4.94. The Bertz CT molecular complexity index is 887. The number of carboxylic acids is 1. The normalized spacial score (nSPS) is 16.0. The Morgan fingerprint density at radius 2 is 1.85 bits per heavy atom. The Hall–Kier alpha value is -2.96. The number of hydrogen-bond donors (Lipinski definition) is 1. The highest BCUT2D eigenvalue weighted by molar-refractivity contribution is 5.93. The number of ether oxygens (including phenoxy) is 2. The van der Waals surface area contributed by atoms with Crippen molar-refractivity contribution in [2.45, 2.75) is 25.8 Å². The number of carbonyl (C=O) groups excluding carboxylic acids is 1. The predicted octanol–water partition coefficient (Wildman–Crippen LogP) is 2.57. The van der Waals surface area contributed by atoms with Crippen molar-refractivity contribution >= 4 is 11.9 Å². The minimum absolute atomic E-state index is 0.169. The molecule has 27 heavy (non-hydrogen) atoms. The average Bonchev–Trinajstić information content (AvgIpc) is 2.98. The molecule has 2 aromatic rings. The SMILES string of the molecule is COc1cc2c(cc1OC)[C@H](CC(=O)O)N(C(=O)c1ccc(C)n1C)CC2. The monoisotopic (exact) mass is 372 g/mol. The van der Waals surface area contributed by atoms with Crippen molar-refractivity contribution in [3.63, 3.8) is 0 Å². The van der Waals surface area contributed by atoms with Crippen LogP contribution in [0.15, 0.2) is 24.3 Å². The van der Waals surface area contributed by atoms with Crippen molar-refractivity contribution in [2.75, 3.05) is 20.8 Å². The summed E-state index contributed by atoms with van der Waals surface area (Å²) in [6.07, 6.45) is 0.457. The number of aryl methyl sites for hydroxylation is 1. The molecule has 1 aliphatic heterocycles. The van der Waals surface area contributed by atoms with Gasteiger partial charge in [0.2, 0.25) is 0 Å². The zero-order valence-corrected chi connectivity index (χ0v) is 16.0. The van der Waals surface area contributed by atoms with Gasteiger partial charge in [-0.05, 0) is 48.7 Å². The van der Waals surface area contributed by atoms with E-state index in [9.17, 15) is 14.7 Å². The van der Waals surface area contributed by atoms with E-state index in [-0.39, 0.29) is 12.3 Å². The van der Waals surface area contributed by atoms with Gasteiger partial charge in [-0.1, -0.05) is 0 Å². The van der Waals surface area contributed by atoms with Crippen molar-refractivity contribution in [1.29, 1.82) is 0 Å². The lowest BCUT2D eigenvalue weighted by atomic mass is 9.89. The molecule has 0 bridgehead atoms. The number of hydrogen-bond acceptors (Lipinski definition) is 4. The van der Waals surface area contributed by atoms with Crippen LogP contribution in [-0.2, 0) is 18.3 Å². The first-order chi connectivity index (χ1) is 12.9. The quantitative estimate of drug-likeness (QED) is 0.872. The maximum atomic E-state index is 13.2. The Morgan fingerprint density at radius 3 is 2.41 bits per heavy atom. The summed E-state index contributed by atoms with van der Waals surface area (Å²) in [5, 5.41) is 9.45. The molecule has 7 nitrogen and oxygen atoms in total. The molecule has 1 amide bonds. The van der Waals surface area contributed by atoms with Gasteiger partial charge in [-0.25, -0.2) is 0 Å². The van der Waals surface area contributed by atoms with E-state index in [2.05, 4.69) is 0 Å². The third kappa shape index (κ3) is 3.37. The first kappa shape index (κ1) is 18.8. The molecule has 1 aromatic heterocycles. The highest BCUT2D eigenvalue weighted by Gasteiger charge is 2.34. The Morgan fingerprint density at radius 1 is 1.19 bits per heavy atom. The topological polar surface area (TPSA) is 81.0 Å². The average molecular weight is 372 g/mol. The summed E-state index contributed by atoms with van der Waals surface area (Å²) in [6.45, 7) is 2.37. The van der Waals surface area contributed by atoms with Gasteiger partial charge in [0.25, 0.3) is 5.91 Å². The highest BCUT2D eigenvalue weighted by Crippen LogP contribution is 2.40. The van der Waals surface area contributed by atoms with Gasteiger partial charge < -0.3 is 24.0 Å². The summed E-state index contributed by atoms with van der Waals surface area (Å²) in [5.41, 5.74) is 3.29. The third-order valence-corrected chi connectivity index (χ3v) is 5.22. The lowest BCUT2D eigenvalue weighted by Crippen LogP contribution is -2.41. The molecule has 0 spiro atoms. The number of carboxylic acid groups (broad SMARTS) is 1. The lowest BCUT2D eigenvalue weighted by Gasteiger charge is -2.37. The highest BCUT2D eigenvalue weighted by atomic mass is 16.5. The zero-order valence-electron chi connectivity index (χ0n) is 16.0. The number of fused-ring (bicyclic) bond motifs is 1. The summed E-state index contributed by atoms with van der Waals surface area (Å²) in [5.74, 6) is -0.000378. The summed E-state index contributed by atoms with van der Waals surface area (Å²) in [6, 6.07) is 6.76. The van der Waals surface area contributed by atoms with Crippen LogP contribution in [0.1, 0.15) is 39.8 Å². The molecule has 7 heteroatoms. The van der Waals surface area contributed by atoms with Gasteiger partial charge in [0.1, 0.15) is 5.69 Å². The largest absolute Gasteiger partial charge is 0.493 e. The second-order valence-electron chi connectivity index (χ2n) is 6.69. The molecule has 1 aromatic carbocycles. The fraction of sp³-hybridized carbons (Fsp3) is 0.400. The molecule has 1 atom stereocenters. The van der Waals surface area contributed by atoms with Gasteiger partial charge in [0.05, 0.1) is 26.7 Å². The summed E-state index contributed by atoms with van der Waals surface area (Å²) >= 11 is 0. The second kappa shape index (κ2) is 7.34.